The quantitative estimate of drug-likeness (QED) is 0.218. The van der Waals surface area contributed by atoms with Gasteiger partial charge in [0.25, 0.3) is 0 Å². The average molecular weight is 441 g/mol. The van der Waals surface area contributed by atoms with Gasteiger partial charge in [-0.05, 0) is 53.7 Å². The van der Waals surface area contributed by atoms with Crippen molar-refractivity contribution in [3.05, 3.63) is 59.2 Å². The molecule has 0 aromatic heterocycles. The highest BCUT2D eigenvalue weighted by Gasteiger charge is 2.34. The molecular weight excluding hydrogens is 408 g/mol. The largest absolute Gasteiger partial charge is 0.426 e. The van der Waals surface area contributed by atoms with Crippen LogP contribution in [0.15, 0.2) is 47.4 Å². The smallest absolute Gasteiger partial charge is 0.310 e. The number of carbonyl (C=O) groups is 1. The number of rotatable bonds is 6. The lowest BCUT2D eigenvalue weighted by molar-refractivity contribution is -0.134. The molecule has 1 aliphatic rings. The Labute approximate surface area is 186 Å². The normalized spacial score (nSPS) is 22.2. The number of ether oxygens (including phenoxy) is 1. The zero-order valence-electron chi connectivity index (χ0n) is 18.5. The van der Waals surface area contributed by atoms with Crippen molar-refractivity contribution in [3.8, 4) is 17.6 Å². The molecule has 4 heteroatoms. The van der Waals surface area contributed by atoms with Crippen LogP contribution in [0.25, 0.3) is 0 Å². The first-order chi connectivity index (χ1) is 14.5. The lowest BCUT2D eigenvalue weighted by Gasteiger charge is -2.45. The molecule has 0 aliphatic carbocycles. The van der Waals surface area contributed by atoms with Gasteiger partial charge in [0.15, 0.2) is 0 Å². The number of fused-ring (bicyclic) bond motifs is 1. The van der Waals surface area contributed by atoms with Crippen LogP contribution in [-0.2, 0) is 17.6 Å². The van der Waals surface area contributed by atoms with E-state index in [1.165, 1.54) is 16.9 Å². The standard InChI is InChI=1S/C26H32O2S2/c1-5-21-15-16-24(28-26(27)6-2)18-22(21)14-13-20-17-23-11-9-10-12-25(23)30(8-4,19-20)29-7-3/h9-12,15-16,18,20H,5-8,17,19H2,1-4H3. The van der Waals surface area contributed by atoms with Crippen molar-refractivity contribution in [3.63, 3.8) is 0 Å². The Hall–Kier alpha value is -1.83. The van der Waals surface area contributed by atoms with Crippen molar-refractivity contribution in [1.29, 1.82) is 0 Å². The summed E-state index contributed by atoms with van der Waals surface area (Å²) in [6.07, 6.45) is 2.30. The summed E-state index contributed by atoms with van der Waals surface area (Å²) >= 11 is 0. The summed E-state index contributed by atoms with van der Waals surface area (Å²) in [5.74, 6) is 11.3. The van der Waals surface area contributed by atoms with E-state index in [-0.39, 0.29) is 5.97 Å². The van der Waals surface area contributed by atoms with Crippen LogP contribution in [0.5, 0.6) is 5.75 Å². The van der Waals surface area contributed by atoms with Crippen LogP contribution in [0.3, 0.4) is 0 Å². The maximum Gasteiger partial charge on any atom is 0.310 e. The van der Waals surface area contributed by atoms with Crippen LogP contribution in [0.2, 0.25) is 0 Å². The molecule has 160 valence electrons. The molecular formula is C26H32O2S2. The predicted octanol–water partition coefficient (Wildman–Crippen LogP) is 6.64. The van der Waals surface area contributed by atoms with Crippen molar-refractivity contribution in [2.75, 3.05) is 17.3 Å². The minimum absolute atomic E-state index is 0.213. The molecule has 2 aromatic rings. The third kappa shape index (κ3) is 5.07. The second kappa shape index (κ2) is 10.5. The zero-order chi connectivity index (χ0) is 21.6. The molecule has 0 radical (unpaired) electrons. The third-order valence-corrected chi connectivity index (χ3v) is 13.0. The fourth-order valence-corrected chi connectivity index (χ4v) is 10.9. The molecule has 2 unspecified atom stereocenters. The van der Waals surface area contributed by atoms with Gasteiger partial charge in [-0.15, -0.1) is 10.8 Å². The number of hydrogen-bond donors (Lipinski definition) is 0. The molecule has 0 saturated heterocycles. The van der Waals surface area contributed by atoms with E-state index in [9.17, 15) is 4.79 Å². The first-order valence-corrected chi connectivity index (χ1v) is 14.4. The molecule has 2 aromatic carbocycles. The molecule has 1 heterocycles. The molecule has 2 nitrogen and oxygen atoms in total. The summed E-state index contributed by atoms with van der Waals surface area (Å²) < 4.78 is 5.42. The van der Waals surface area contributed by atoms with Gasteiger partial charge in [-0.2, -0.15) is 9.06 Å². The first-order valence-electron chi connectivity index (χ1n) is 10.9. The van der Waals surface area contributed by atoms with Gasteiger partial charge in [-0.25, -0.2) is 0 Å². The number of esters is 1. The fourth-order valence-electron chi connectivity index (χ4n) is 3.99. The van der Waals surface area contributed by atoms with Crippen molar-refractivity contribution in [2.24, 2.45) is 5.92 Å². The molecule has 0 spiro atoms. The van der Waals surface area contributed by atoms with Gasteiger partial charge >= 0.3 is 5.97 Å². The van der Waals surface area contributed by atoms with Gasteiger partial charge in [0.2, 0.25) is 0 Å². The van der Waals surface area contributed by atoms with E-state index < -0.39 is 9.06 Å². The maximum atomic E-state index is 11.7. The summed E-state index contributed by atoms with van der Waals surface area (Å²) in [5.41, 5.74) is 3.66. The van der Waals surface area contributed by atoms with Gasteiger partial charge in [0.05, 0.1) is 0 Å². The van der Waals surface area contributed by atoms with E-state index in [2.05, 4.69) is 67.7 Å². The SMILES string of the molecule is CCSS1(CC)CC(C#Cc2cc(OC(=O)CC)ccc2CC)Cc2ccccc21. The Morgan fingerprint density at radius 3 is 2.67 bits per heavy atom. The number of benzene rings is 2. The molecule has 1 aliphatic heterocycles. The van der Waals surface area contributed by atoms with E-state index in [1.807, 2.05) is 18.2 Å². The van der Waals surface area contributed by atoms with E-state index in [4.69, 9.17) is 4.74 Å². The Kier molecular flexibility index (Phi) is 7.97. The summed E-state index contributed by atoms with van der Waals surface area (Å²) in [4.78, 5) is 13.3. The summed E-state index contributed by atoms with van der Waals surface area (Å²) in [5, 5.41) is 0. The Morgan fingerprint density at radius 1 is 1.17 bits per heavy atom. The van der Waals surface area contributed by atoms with E-state index in [0.717, 1.165) is 29.9 Å². The zero-order valence-corrected chi connectivity index (χ0v) is 20.1. The van der Waals surface area contributed by atoms with Crippen LogP contribution in [-0.4, -0.2) is 23.2 Å². The molecule has 0 fully saturated rings. The molecule has 0 saturated carbocycles. The Morgan fingerprint density at radius 2 is 1.97 bits per heavy atom. The van der Waals surface area contributed by atoms with Gasteiger partial charge in [0, 0.05) is 28.6 Å². The maximum absolute atomic E-state index is 11.7. The van der Waals surface area contributed by atoms with Gasteiger partial charge in [0.1, 0.15) is 5.75 Å². The lowest BCUT2D eigenvalue weighted by Crippen LogP contribution is -2.22. The van der Waals surface area contributed by atoms with Gasteiger partial charge < -0.3 is 4.74 Å². The van der Waals surface area contributed by atoms with Crippen LogP contribution in [0.1, 0.15) is 50.8 Å². The number of carbonyl (C=O) groups excluding carboxylic acids is 1. The highest BCUT2D eigenvalue weighted by Crippen LogP contribution is 2.69. The first kappa shape index (κ1) is 22.8. The Balaban J connectivity index is 1.92. The molecule has 0 bridgehead atoms. The van der Waals surface area contributed by atoms with Gasteiger partial charge in [-0.3, -0.25) is 4.79 Å². The molecule has 30 heavy (non-hydrogen) atoms. The van der Waals surface area contributed by atoms with Crippen molar-refractivity contribution < 1.29 is 9.53 Å². The molecule has 3 rings (SSSR count). The van der Waals surface area contributed by atoms with Crippen molar-refractivity contribution in [1.82, 2.24) is 0 Å². The van der Waals surface area contributed by atoms with Crippen LogP contribution >= 0.6 is 19.9 Å². The average Bonchev–Trinajstić information content (AvgIpc) is 2.77. The highest BCUT2D eigenvalue weighted by molar-refractivity contribution is 8.94. The lowest BCUT2D eigenvalue weighted by atomic mass is 9.99. The van der Waals surface area contributed by atoms with E-state index in [0.29, 0.717) is 18.1 Å². The topological polar surface area (TPSA) is 26.3 Å². The van der Waals surface area contributed by atoms with Gasteiger partial charge in [-0.1, -0.05) is 63.8 Å². The summed E-state index contributed by atoms with van der Waals surface area (Å²) in [7, 11) is 1.25. The monoisotopic (exact) mass is 440 g/mol. The van der Waals surface area contributed by atoms with Crippen LogP contribution in [0.4, 0.5) is 0 Å². The van der Waals surface area contributed by atoms with Crippen LogP contribution < -0.4 is 4.74 Å². The molecule has 0 amide bonds. The summed E-state index contributed by atoms with van der Waals surface area (Å²) in [6, 6.07) is 14.8. The predicted molar refractivity (Wildman–Crippen MR) is 132 cm³/mol. The van der Waals surface area contributed by atoms with E-state index in [1.54, 1.807) is 11.8 Å². The second-order valence-electron chi connectivity index (χ2n) is 7.45. The minimum atomic E-state index is -0.897. The van der Waals surface area contributed by atoms with Crippen LogP contribution in [0, 0.1) is 17.8 Å². The summed E-state index contributed by atoms with van der Waals surface area (Å²) in [6.45, 7) is 8.55. The Bertz CT molecular complexity index is 957. The molecule has 0 N–H and O–H groups in total. The second-order valence-corrected chi connectivity index (χ2v) is 13.9. The fraction of sp³-hybridized carbons (Fsp3) is 0.423. The minimum Gasteiger partial charge on any atom is -0.426 e. The molecule has 2 atom stereocenters. The number of aryl methyl sites for hydroxylation is 1. The number of hydrogen-bond acceptors (Lipinski definition) is 3. The van der Waals surface area contributed by atoms with Crippen molar-refractivity contribution in [2.45, 2.75) is 51.9 Å². The highest BCUT2D eigenvalue weighted by atomic mass is 33.2. The van der Waals surface area contributed by atoms with E-state index >= 15 is 0 Å². The van der Waals surface area contributed by atoms with Crippen molar-refractivity contribution >= 4 is 25.8 Å². The third-order valence-electron chi connectivity index (χ3n) is 5.51.